The van der Waals surface area contributed by atoms with Crippen molar-refractivity contribution in [2.75, 3.05) is 0 Å². The van der Waals surface area contributed by atoms with E-state index in [1.165, 1.54) is 0 Å². The maximum absolute atomic E-state index is 12.1. The summed E-state index contributed by atoms with van der Waals surface area (Å²) in [5.74, 6) is -1.29. The normalized spacial score (nSPS) is 11.9. The summed E-state index contributed by atoms with van der Waals surface area (Å²) < 4.78 is 0.632. The summed E-state index contributed by atoms with van der Waals surface area (Å²) in [6, 6.07) is 4.66. The number of halogens is 2. The third-order valence-electron chi connectivity index (χ3n) is 2.59. The molecule has 0 fully saturated rings. The SMILES string of the molecule is CCCC(CC(=O)O)NC(=O)c1cccc(Br)c1Cl. The first-order valence-corrected chi connectivity index (χ1v) is 7.09. The summed E-state index contributed by atoms with van der Waals surface area (Å²) in [4.78, 5) is 22.8. The van der Waals surface area contributed by atoms with Gasteiger partial charge in [0, 0.05) is 10.5 Å². The molecule has 0 aromatic heterocycles. The van der Waals surface area contributed by atoms with Gasteiger partial charge in [-0.2, -0.15) is 0 Å². The quantitative estimate of drug-likeness (QED) is 0.827. The molecule has 0 aliphatic heterocycles. The van der Waals surface area contributed by atoms with Gasteiger partial charge >= 0.3 is 5.97 Å². The number of rotatable bonds is 6. The van der Waals surface area contributed by atoms with Gasteiger partial charge in [0.05, 0.1) is 17.0 Å². The molecule has 0 spiro atoms. The van der Waals surface area contributed by atoms with Crippen LogP contribution in [0.15, 0.2) is 22.7 Å². The highest BCUT2D eigenvalue weighted by atomic mass is 79.9. The van der Waals surface area contributed by atoms with Crippen molar-refractivity contribution in [3.05, 3.63) is 33.3 Å². The van der Waals surface area contributed by atoms with Gasteiger partial charge in [-0.25, -0.2) is 0 Å². The molecule has 0 aliphatic carbocycles. The Balaban J connectivity index is 2.81. The topological polar surface area (TPSA) is 66.4 Å². The lowest BCUT2D eigenvalue weighted by molar-refractivity contribution is -0.137. The van der Waals surface area contributed by atoms with Gasteiger partial charge in [-0.05, 0) is 34.5 Å². The lowest BCUT2D eigenvalue weighted by Gasteiger charge is -2.16. The fourth-order valence-electron chi connectivity index (χ4n) is 1.73. The molecule has 6 heteroatoms. The van der Waals surface area contributed by atoms with Crippen LogP contribution in [0.3, 0.4) is 0 Å². The Morgan fingerprint density at radius 2 is 2.16 bits per heavy atom. The van der Waals surface area contributed by atoms with Crippen LogP contribution in [-0.4, -0.2) is 23.0 Å². The van der Waals surface area contributed by atoms with E-state index in [9.17, 15) is 9.59 Å². The molecule has 0 bridgehead atoms. The number of carbonyl (C=O) groups is 2. The van der Waals surface area contributed by atoms with Gasteiger partial charge < -0.3 is 10.4 Å². The van der Waals surface area contributed by atoms with Gasteiger partial charge in [0.1, 0.15) is 0 Å². The molecular formula is C13H15BrClNO3. The summed E-state index contributed by atoms with van der Waals surface area (Å²) in [5.41, 5.74) is 0.336. The van der Waals surface area contributed by atoms with Crippen molar-refractivity contribution >= 4 is 39.4 Å². The number of carbonyl (C=O) groups excluding carboxylic acids is 1. The first kappa shape index (κ1) is 16.0. The van der Waals surface area contributed by atoms with Gasteiger partial charge in [-0.1, -0.05) is 31.0 Å². The molecule has 1 rings (SSSR count). The standard InChI is InChI=1S/C13H15BrClNO3/c1-2-4-8(7-11(17)18)16-13(19)9-5-3-6-10(14)12(9)15/h3,5-6,8H,2,4,7H2,1H3,(H,16,19)(H,17,18). The summed E-state index contributed by atoms with van der Waals surface area (Å²) in [6.45, 7) is 1.94. The third-order valence-corrected chi connectivity index (χ3v) is 3.89. The number of benzene rings is 1. The Hall–Kier alpha value is -1.07. The Kier molecular flexibility index (Phi) is 6.31. The van der Waals surface area contributed by atoms with E-state index >= 15 is 0 Å². The molecular weight excluding hydrogens is 334 g/mol. The van der Waals surface area contributed by atoms with Gasteiger partial charge in [0.15, 0.2) is 0 Å². The average Bonchev–Trinajstić information content (AvgIpc) is 2.32. The van der Waals surface area contributed by atoms with Crippen LogP contribution in [0.2, 0.25) is 5.02 Å². The first-order chi connectivity index (χ1) is 8.95. The van der Waals surface area contributed by atoms with E-state index in [0.29, 0.717) is 21.5 Å². The zero-order valence-electron chi connectivity index (χ0n) is 10.5. The van der Waals surface area contributed by atoms with Crippen LogP contribution >= 0.6 is 27.5 Å². The van der Waals surface area contributed by atoms with Gasteiger partial charge in [0.25, 0.3) is 5.91 Å². The molecule has 0 radical (unpaired) electrons. The molecule has 0 saturated heterocycles. The van der Waals surface area contributed by atoms with Gasteiger partial charge in [0.2, 0.25) is 0 Å². The molecule has 1 unspecified atom stereocenters. The number of aliphatic carboxylic acids is 1. The molecule has 0 aliphatic rings. The van der Waals surface area contributed by atoms with Crippen molar-refractivity contribution in [2.24, 2.45) is 0 Å². The number of carboxylic acids is 1. The number of hydrogen-bond acceptors (Lipinski definition) is 2. The molecule has 0 saturated carbocycles. The van der Waals surface area contributed by atoms with Crippen molar-refractivity contribution in [2.45, 2.75) is 32.2 Å². The molecule has 19 heavy (non-hydrogen) atoms. The highest BCUT2D eigenvalue weighted by molar-refractivity contribution is 9.10. The largest absolute Gasteiger partial charge is 0.481 e. The van der Waals surface area contributed by atoms with Crippen LogP contribution in [0.4, 0.5) is 0 Å². The lowest BCUT2D eigenvalue weighted by Crippen LogP contribution is -2.36. The van der Waals surface area contributed by atoms with Crippen molar-refractivity contribution in [3.8, 4) is 0 Å². The van der Waals surface area contributed by atoms with Crippen LogP contribution in [0.25, 0.3) is 0 Å². The van der Waals surface area contributed by atoms with Crippen LogP contribution < -0.4 is 5.32 Å². The second-order valence-electron chi connectivity index (χ2n) is 4.16. The number of nitrogens with one attached hydrogen (secondary N) is 1. The smallest absolute Gasteiger partial charge is 0.305 e. The molecule has 1 atom stereocenters. The minimum atomic E-state index is -0.931. The van der Waals surface area contributed by atoms with Crippen LogP contribution in [0.5, 0.6) is 0 Å². The van der Waals surface area contributed by atoms with Crippen LogP contribution in [0.1, 0.15) is 36.5 Å². The summed E-state index contributed by atoms with van der Waals surface area (Å²) >= 11 is 9.28. The van der Waals surface area contributed by atoms with Gasteiger partial charge in [-0.15, -0.1) is 0 Å². The Bertz CT molecular complexity index is 479. The number of amides is 1. The first-order valence-electron chi connectivity index (χ1n) is 5.92. The highest BCUT2D eigenvalue weighted by Crippen LogP contribution is 2.26. The predicted molar refractivity (Wildman–Crippen MR) is 77.6 cm³/mol. The maximum Gasteiger partial charge on any atom is 0.305 e. The van der Waals surface area contributed by atoms with E-state index in [1.807, 2.05) is 6.92 Å². The minimum absolute atomic E-state index is 0.0921. The van der Waals surface area contributed by atoms with Crippen molar-refractivity contribution < 1.29 is 14.7 Å². The zero-order chi connectivity index (χ0) is 14.4. The fourth-order valence-corrected chi connectivity index (χ4v) is 2.30. The monoisotopic (exact) mass is 347 g/mol. The van der Waals surface area contributed by atoms with E-state index in [2.05, 4.69) is 21.2 Å². The molecule has 1 aromatic rings. The molecule has 2 N–H and O–H groups in total. The van der Waals surface area contributed by atoms with Crippen LogP contribution in [0, 0.1) is 0 Å². The molecule has 104 valence electrons. The summed E-state index contributed by atoms with van der Waals surface area (Å²) in [6.07, 6.45) is 1.32. The van der Waals surface area contributed by atoms with E-state index in [0.717, 1.165) is 6.42 Å². The lowest BCUT2D eigenvalue weighted by atomic mass is 10.1. The predicted octanol–water partition coefficient (Wildman–Crippen LogP) is 3.48. The van der Waals surface area contributed by atoms with Crippen molar-refractivity contribution in [1.82, 2.24) is 5.32 Å². The Labute approximate surface area is 125 Å². The molecule has 1 amide bonds. The fraction of sp³-hybridized carbons (Fsp3) is 0.385. The minimum Gasteiger partial charge on any atom is -0.481 e. The zero-order valence-corrected chi connectivity index (χ0v) is 12.8. The van der Waals surface area contributed by atoms with Crippen molar-refractivity contribution in [1.29, 1.82) is 0 Å². The van der Waals surface area contributed by atoms with Crippen molar-refractivity contribution in [3.63, 3.8) is 0 Å². The van der Waals surface area contributed by atoms with E-state index < -0.39 is 5.97 Å². The molecule has 0 heterocycles. The average molecular weight is 349 g/mol. The summed E-state index contributed by atoms with van der Waals surface area (Å²) in [7, 11) is 0. The van der Waals surface area contributed by atoms with Crippen LogP contribution in [-0.2, 0) is 4.79 Å². The number of hydrogen-bond donors (Lipinski definition) is 2. The van der Waals surface area contributed by atoms with E-state index in [4.69, 9.17) is 16.7 Å². The highest BCUT2D eigenvalue weighted by Gasteiger charge is 2.18. The number of carboxylic acid groups (broad SMARTS) is 1. The second kappa shape index (κ2) is 7.50. The third kappa shape index (κ3) is 4.84. The summed E-state index contributed by atoms with van der Waals surface area (Å²) in [5, 5.41) is 11.8. The molecule has 4 nitrogen and oxygen atoms in total. The second-order valence-corrected chi connectivity index (χ2v) is 5.39. The maximum atomic E-state index is 12.1. The Morgan fingerprint density at radius 1 is 1.47 bits per heavy atom. The molecule has 1 aromatic carbocycles. The Morgan fingerprint density at radius 3 is 2.74 bits per heavy atom. The van der Waals surface area contributed by atoms with Gasteiger partial charge in [-0.3, -0.25) is 9.59 Å². The van der Waals surface area contributed by atoms with E-state index in [-0.39, 0.29) is 18.4 Å². The van der Waals surface area contributed by atoms with E-state index in [1.54, 1.807) is 18.2 Å².